The van der Waals surface area contributed by atoms with Gasteiger partial charge in [0.05, 0.1) is 5.56 Å². The van der Waals surface area contributed by atoms with Crippen molar-refractivity contribution in [1.29, 1.82) is 0 Å². The van der Waals surface area contributed by atoms with Crippen molar-refractivity contribution in [2.45, 2.75) is 0 Å². The lowest BCUT2D eigenvalue weighted by atomic mass is 10.3. The van der Waals surface area contributed by atoms with Crippen LogP contribution in [0.2, 0.25) is 0 Å². The van der Waals surface area contributed by atoms with E-state index in [2.05, 4.69) is 22.1 Å². The van der Waals surface area contributed by atoms with Gasteiger partial charge in [-0.05, 0) is 18.2 Å². The van der Waals surface area contributed by atoms with Crippen LogP contribution in [0.1, 0.15) is 10.4 Å². The number of carbonyl (C=O) groups excluding carboxylic acids is 1. The highest BCUT2D eigenvalue weighted by Gasteiger charge is 2.01. The average Bonchev–Trinajstić information content (AvgIpc) is 2.19. The number of hydrogen-bond acceptors (Lipinski definition) is 3. The standard InChI is InChI=1S/C9H9N3O/c1-2-5-11-12-9(13)8-4-3-6-10-7-8/h2-7H,1H2,(H,12,13)/b11-5-. The third-order valence-corrected chi connectivity index (χ3v) is 1.27. The van der Waals surface area contributed by atoms with Gasteiger partial charge in [0.15, 0.2) is 0 Å². The molecule has 0 bridgehead atoms. The van der Waals surface area contributed by atoms with Gasteiger partial charge >= 0.3 is 0 Å². The summed E-state index contributed by atoms with van der Waals surface area (Å²) < 4.78 is 0. The van der Waals surface area contributed by atoms with Crippen molar-refractivity contribution in [1.82, 2.24) is 10.4 Å². The van der Waals surface area contributed by atoms with Crippen LogP contribution in [0.3, 0.4) is 0 Å². The second kappa shape index (κ2) is 4.82. The third-order valence-electron chi connectivity index (χ3n) is 1.27. The molecule has 4 nitrogen and oxygen atoms in total. The smallest absolute Gasteiger partial charge is 0.267 e. The van der Waals surface area contributed by atoms with E-state index in [1.165, 1.54) is 18.5 Å². The Balaban J connectivity index is 2.59. The highest BCUT2D eigenvalue weighted by molar-refractivity contribution is 5.94. The molecule has 0 aliphatic rings. The zero-order valence-electron chi connectivity index (χ0n) is 6.97. The predicted octanol–water partition coefficient (Wildman–Crippen LogP) is 0.983. The second-order valence-electron chi connectivity index (χ2n) is 2.20. The van der Waals surface area contributed by atoms with Gasteiger partial charge in [0.1, 0.15) is 0 Å². The minimum atomic E-state index is -0.286. The highest BCUT2D eigenvalue weighted by Crippen LogP contribution is 1.94. The molecule has 0 fully saturated rings. The fraction of sp³-hybridized carbons (Fsp3) is 0. The van der Waals surface area contributed by atoms with Crippen LogP contribution in [0.5, 0.6) is 0 Å². The van der Waals surface area contributed by atoms with Gasteiger partial charge in [-0.1, -0.05) is 6.58 Å². The van der Waals surface area contributed by atoms with Crippen molar-refractivity contribution in [2.75, 3.05) is 0 Å². The largest absolute Gasteiger partial charge is 0.272 e. The topological polar surface area (TPSA) is 54.4 Å². The number of hydrogen-bond donors (Lipinski definition) is 1. The van der Waals surface area contributed by atoms with Gasteiger partial charge in [-0.25, -0.2) is 5.43 Å². The van der Waals surface area contributed by atoms with E-state index >= 15 is 0 Å². The molecule has 0 aliphatic heterocycles. The van der Waals surface area contributed by atoms with E-state index in [0.29, 0.717) is 5.56 Å². The summed E-state index contributed by atoms with van der Waals surface area (Å²) in [6.07, 6.45) is 5.94. The molecular weight excluding hydrogens is 166 g/mol. The first-order chi connectivity index (χ1) is 6.34. The molecule has 1 heterocycles. The number of carbonyl (C=O) groups is 1. The molecule has 1 aromatic rings. The molecule has 0 unspecified atom stereocenters. The molecule has 0 saturated heterocycles. The van der Waals surface area contributed by atoms with Gasteiger partial charge in [0, 0.05) is 18.6 Å². The van der Waals surface area contributed by atoms with Gasteiger partial charge in [0.2, 0.25) is 0 Å². The molecular formula is C9H9N3O. The monoisotopic (exact) mass is 175 g/mol. The number of hydrazone groups is 1. The van der Waals surface area contributed by atoms with Crippen LogP contribution in [0.25, 0.3) is 0 Å². The van der Waals surface area contributed by atoms with Gasteiger partial charge in [-0.15, -0.1) is 0 Å². The van der Waals surface area contributed by atoms with Crippen LogP contribution in [0, 0.1) is 0 Å². The van der Waals surface area contributed by atoms with Gasteiger partial charge in [-0.2, -0.15) is 5.10 Å². The Morgan fingerprint density at radius 3 is 3.15 bits per heavy atom. The zero-order valence-corrected chi connectivity index (χ0v) is 6.97. The molecule has 0 radical (unpaired) electrons. The minimum Gasteiger partial charge on any atom is -0.267 e. The lowest BCUT2D eigenvalue weighted by molar-refractivity contribution is 0.0955. The van der Waals surface area contributed by atoms with E-state index in [1.807, 2.05) is 0 Å². The summed E-state index contributed by atoms with van der Waals surface area (Å²) in [5, 5.41) is 3.60. The molecule has 0 aliphatic carbocycles. The molecule has 1 rings (SSSR count). The van der Waals surface area contributed by atoms with Crippen molar-refractivity contribution in [3.05, 3.63) is 42.7 Å². The first-order valence-electron chi connectivity index (χ1n) is 3.69. The molecule has 13 heavy (non-hydrogen) atoms. The lowest BCUT2D eigenvalue weighted by Gasteiger charge is -1.96. The number of nitrogens with one attached hydrogen (secondary N) is 1. The van der Waals surface area contributed by atoms with E-state index in [4.69, 9.17) is 0 Å². The molecule has 66 valence electrons. The Labute approximate surface area is 76.0 Å². The number of nitrogens with zero attached hydrogens (tertiary/aromatic N) is 2. The number of aromatic nitrogens is 1. The fourth-order valence-corrected chi connectivity index (χ4v) is 0.710. The summed E-state index contributed by atoms with van der Waals surface area (Å²) in [6.45, 7) is 3.42. The van der Waals surface area contributed by atoms with Gasteiger partial charge in [0.25, 0.3) is 5.91 Å². The minimum absolute atomic E-state index is 0.286. The van der Waals surface area contributed by atoms with Gasteiger partial charge < -0.3 is 0 Å². The van der Waals surface area contributed by atoms with Crippen LogP contribution < -0.4 is 5.43 Å². The van der Waals surface area contributed by atoms with E-state index < -0.39 is 0 Å². The van der Waals surface area contributed by atoms with E-state index in [0.717, 1.165) is 0 Å². The van der Waals surface area contributed by atoms with Crippen LogP contribution in [-0.4, -0.2) is 17.1 Å². The maximum absolute atomic E-state index is 11.2. The van der Waals surface area contributed by atoms with E-state index in [1.54, 1.807) is 18.3 Å². The van der Waals surface area contributed by atoms with E-state index in [9.17, 15) is 4.79 Å². The first kappa shape index (κ1) is 9.12. The van der Waals surface area contributed by atoms with Crippen molar-refractivity contribution < 1.29 is 4.79 Å². The van der Waals surface area contributed by atoms with Crippen molar-refractivity contribution in [3.8, 4) is 0 Å². The highest BCUT2D eigenvalue weighted by atomic mass is 16.2. The van der Waals surface area contributed by atoms with Crippen molar-refractivity contribution in [3.63, 3.8) is 0 Å². The fourth-order valence-electron chi connectivity index (χ4n) is 0.710. The number of amides is 1. The van der Waals surface area contributed by atoms with Crippen molar-refractivity contribution in [2.24, 2.45) is 5.10 Å². The molecule has 1 aromatic heterocycles. The Hall–Kier alpha value is -1.97. The Morgan fingerprint density at radius 2 is 2.54 bits per heavy atom. The quantitative estimate of drug-likeness (QED) is 0.550. The summed E-state index contributed by atoms with van der Waals surface area (Å²) in [7, 11) is 0. The Bertz CT molecular complexity index is 319. The predicted molar refractivity (Wildman–Crippen MR) is 50.4 cm³/mol. The summed E-state index contributed by atoms with van der Waals surface area (Å²) in [5.41, 5.74) is 2.79. The zero-order chi connectivity index (χ0) is 9.52. The van der Waals surface area contributed by atoms with Crippen LogP contribution in [0.15, 0.2) is 42.3 Å². The third kappa shape index (κ3) is 2.86. The van der Waals surface area contributed by atoms with Crippen molar-refractivity contribution >= 4 is 12.1 Å². The van der Waals surface area contributed by atoms with Crippen LogP contribution in [0.4, 0.5) is 0 Å². The molecule has 0 spiro atoms. The Kier molecular flexibility index (Phi) is 3.38. The SMILES string of the molecule is C=C/C=N\NC(=O)c1cccnc1. The summed E-state index contributed by atoms with van der Waals surface area (Å²) in [5.74, 6) is -0.286. The Morgan fingerprint density at radius 1 is 1.69 bits per heavy atom. The van der Waals surface area contributed by atoms with Gasteiger partial charge in [-0.3, -0.25) is 9.78 Å². The lowest BCUT2D eigenvalue weighted by Crippen LogP contribution is -2.17. The maximum Gasteiger partial charge on any atom is 0.272 e. The average molecular weight is 175 g/mol. The second-order valence-corrected chi connectivity index (χ2v) is 2.20. The molecule has 4 heteroatoms. The maximum atomic E-state index is 11.2. The first-order valence-corrected chi connectivity index (χ1v) is 3.69. The molecule has 1 amide bonds. The van der Waals surface area contributed by atoms with Crippen LogP contribution in [-0.2, 0) is 0 Å². The molecule has 0 atom stereocenters. The summed E-state index contributed by atoms with van der Waals surface area (Å²) >= 11 is 0. The number of allylic oxidation sites excluding steroid dienone is 1. The van der Waals surface area contributed by atoms with Crippen LogP contribution >= 0.6 is 0 Å². The number of pyridine rings is 1. The summed E-state index contributed by atoms with van der Waals surface area (Å²) in [4.78, 5) is 15.0. The number of rotatable bonds is 3. The van der Waals surface area contributed by atoms with E-state index in [-0.39, 0.29) is 5.91 Å². The molecule has 0 aromatic carbocycles. The summed E-state index contributed by atoms with van der Waals surface area (Å²) in [6, 6.07) is 3.35. The molecule has 1 N–H and O–H groups in total. The molecule has 0 saturated carbocycles. The normalized spacial score (nSPS) is 9.85.